The van der Waals surface area contributed by atoms with Crippen LogP contribution in [-0.2, 0) is 5.41 Å². The number of anilines is 1. The number of aryl methyl sites for hydroxylation is 1. The van der Waals surface area contributed by atoms with Gasteiger partial charge in [-0.3, -0.25) is 0 Å². The molecular formula is C14H19N. The third kappa shape index (κ3) is 1.29. The van der Waals surface area contributed by atoms with Gasteiger partial charge in [0.25, 0.3) is 0 Å². The second-order valence-corrected chi connectivity index (χ2v) is 5.50. The van der Waals surface area contributed by atoms with Crippen LogP contribution < -0.4 is 5.73 Å². The molecule has 1 heteroatoms. The van der Waals surface area contributed by atoms with Gasteiger partial charge >= 0.3 is 0 Å². The van der Waals surface area contributed by atoms with E-state index in [9.17, 15) is 0 Å². The molecule has 1 aromatic carbocycles. The minimum atomic E-state index is 0.530. The Hall–Kier alpha value is -0.980. The van der Waals surface area contributed by atoms with E-state index in [0.717, 1.165) is 11.6 Å². The van der Waals surface area contributed by atoms with Crippen LogP contribution in [0.4, 0.5) is 5.69 Å². The lowest BCUT2D eigenvalue weighted by molar-refractivity contribution is 0.417. The van der Waals surface area contributed by atoms with Crippen LogP contribution >= 0.6 is 0 Å². The third-order valence-corrected chi connectivity index (χ3v) is 4.56. The number of hydrogen-bond donors (Lipinski definition) is 1. The molecule has 0 unspecified atom stereocenters. The van der Waals surface area contributed by atoms with Crippen LogP contribution in [0.2, 0.25) is 0 Å². The Kier molecular flexibility index (Phi) is 1.86. The van der Waals surface area contributed by atoms with Crippen molar-refractivity contribution in [3.63, 3.8) is 0 Å². The molecule has 0 aliphatic heterocycles. The molecule has 0 radical (unpaired) electrons. The van der Waals surface area contributed by atoms with Crippen molar-refractivity contribution in [2.75, 3.05) is 5.73 Å². The molecule has 2 aliphatic rings. The highest BCUT2D eigenvalue weighted by atomic mass is 14.6. The van der Waals surface area contributed by atoms with E-state index >= 15 is 0 Å². The standard InChI is InChI=1S/C14H19N/c1-10-8-12(15)2-3-13(10)14-6-4-11(9-14)5-7-14/h2-3,8,11H,4-7,9,15H2,1H3. The van der Waals surface area contributed by atoms with E-state index < -0.39 is 0 Å². The Balaban J connectivity index is 2.05. The van der Waals surface area contributed by atoms with E-state index in [1.54, 1.807) is 5.56 Å². The molecule has 2 aliphatic carbocycles. The average molecular weight is 201 g/mol. The second kappa shape index (κ2) is 3.01. The topological polar surface area (TPSA) is 26.0 Å². The van der Waals surface area contributed by atoms with Gasteiger partial charge in [0.05, 0.1) is 0 Å². The Morgan fingerprint density at radius 2 is 2.00 bits per heavy atom. The molecule has 0 saturated heterocycles. The summed E-state index contributed by atoms with van der Waals surface area (Å²) >= 11 is 0. The van der Waals surface area contributed by atoms with Crippen molar-refractivity contribution >= 4 is 5.69 Å². The van der Waals surface area contributed by atoms with Crippen LogP contribution in [0.3, 0.4) is 0 Å². The van der Waals surface area contributed by atoms with Crippen LogP contribution in [0.15, 0.2) is 18.2 Å². The largest absolute Gasteiger partial charge is 0.399 e. The van der Waals surface area contributed by atoms with Gasteiger partial charge in [-0.05, 0) is 73.6 Å². The van der Waals surface area contributed by atoms with E-state index in [4.69, 9.17) is 5.73 Å². The van der Waals surface area contributed by atoms with Gasteiger partial charge in [-0.25, -0.2) is 0 Å². The van der Waals surface area contributed by atoms with Gasteiger partial charge in [-0.2, -0.15) is 0 Å². The summed E-state index contributed by atoms with van der Waals surface area (Å²) in [5.41, 5.74) is 10.2. The van der Waals surface area contributed by atoms with Crippen molar-refractivity contribution < 1.29 is 0 Å². The Labute approximate surface area is 91.7 Å². The normalized spacial score (nSPS) is 33.5. The predicted octanol–water partition coefficient (Wildman–Crippen LogP) is 3.41. The fourth-order valence-corrected chi connectivity index (χ4v) is 3.85. The van der Waals surface area contributed by atoms with Crippen molar-refractivity contribution in [3.8, 4) is 0 Å². The zero-order chi connectivity index (χ0) is 10.5. The molecule has 80 valence electrons. The zero-order valence-corrected chi connectivity index (χ0v) is 9.42. The summed E-state index contributed by atoms with van der Waals surface area (Å²) in [5.74, 6) is 1.02. The van der Waals surface area contributed by atoms with E-state index in [0.29, 0.717) is 5.41 Å². The first-order chi connectivity index (χ1) is 7.20. The monoisotopic (exact) mass is 201 g/mol. The SMILES string of the molecule is Cc1cc(N)ccc1C12CCC(CC1)C2. The molecule has 1 aromatic rings. The Morgan fingerprint density at radius 1 is 1.27 bits per heavy atom. The minimum absolute atomic E-state index is 0.530. The number of nitrogen functional groups attached to an aromatic ring is 1. The van der Waals surface area contributed by atoms with E-state index in [2.05, 4.69) is 25.1 Å². The highest BCUT2D eigenvalue weighted by Gasteiger charge is 2.46. The smallest absolute Gasteiger partial charge is 0.0316 e. The summed E-state index contributed by atoms with van der Waals surface area (Å²) in [6.07, 6.45) is 7.14. The maximum Gasteiger partial charge on any atom is 0.0316 e. The fraction of sp³-hybridized carbons (Fsp3) is 0.571. The summed E-state index contributed by atoms with van der Waals surface area (Å²) in [7, 11) is 0. The summed E-state index contributed by atoms with van der Waals surface area (Å²) in [4.78, 5) is 0. The van der Waals surface area contributed by atoms with Crippen molar-refractivity contribution in [2.45, 2.75) is 44.4 Å². The molecule has 2 fully saturated rings. The first-order valence-corrected chi connectivity index (χ1v) is 6.06. The van der Waals surface area contributed by atoms with Gasteiger partial charge in [0.1, 0.15) is 0 Å². The number of benzene rings is 1. The molecular weight excluding hydrogens is 182 g/mol. The van der Waals surface area contributed by atoms with Crippen molar-refractivity contribution in [2.24, 2.45) is 5.92 Å². The molecule has 2 bridgehead atoms. The van der Waals surface area contributed by atoms with Crippen molar-refractivity contribution in [1.29, 1.82) is 0 Å². The first-order valence-electron chi connectivity index (χ1n) is 6.06. The molecule has 0 aromatic heterocycles. The molecule has 3 rings (SSSR count). The van der Waals surface area contributed by atoms with Crippen LogP contribution in [0.1, 0.15) is 43.2 Å². The third-order valence-electron chi connectivity index (χ3n) is 4.56. The van der Waals surface area contributed by atoms with E-state index in [1.165, 1.54) is 37.7 Å². The second-order valence-electron chi connectivity index (χ2n) is 5.50. The number of rotatable bonds is 1. The van der Waals surface area contributed by atoms with Gasteiger partial charge in [0.15, 0.2) is 0 Å². The lowest BCUT2D eigenvalue weighted by Gasteiger charge is -2.29. The zero-order valence-electron chi connectivity index (χ0n) is 9.42. The molecule has 1 nitrogen and oxygen atoms in total. The summed E-state index contributed by atoms with van der Waals surface area (Å²) in [5, 5.41) is 0. The van der Waals surface area contributed by atoms with Crippen molar-refractivity contribution in [3.05, 3.63) is 29.3 Å². The van der Waals surface area contributed by atoms with Gasteiger partial charge in [0.2, 0.25) is 0 Å². The summed E-state index contributed by atoms with van der Waals surface area (Å²) in [6, 6.07) is 6.48. The maximum atomic E-state index is 5.82. The molecule has 0 heterocycles. The first kappa shape index (κ1) is 9.26. The average Bonchev–Trinajstić information content (AvgIpc) is 2.77. The summed E-state index contributed by atoms with van der Waals surface area (Å²) < 4.78 is 0. The Bertz CT molecular complexity index is 386. The van der Waals surface area contributed by atoms with Gasteiger partial charge in [0, 0.05) is 5.69 Å². The molecule has 0 atom stereocenters. The Morgan fingerprint density at radius 3 is 2.53 bits per heavy atom. The lowest BCUT2D eigenvalue weighted by Crippen LogP contribution is -2.20. The van der Waals surface area contributed by atoms with Gasteiger partial charge in [-0.15, -0.1) is 0 Å². The molecule has 0 spiro atoms. The lowest BCUT2D eigenvalue weighted by atomic mass is 9.76. The van der Waals surface area contributed by atoms with Crippen molar-refractivity contribution in [1.82, 2.24) is 0 Å². The molecule has 15 heavy (non-hydrogen) atoms. The molecule has 2 N–H and O–H groups in total. The summed E-state index contributed by atoms with van der Waals surface area (Å²) in [6.45, 7) is 2.21. The highest BCUT2D eigenvalue weighted by Crippen LogP contribution is 2.55. The minimum Gasteiger partial charge on any atom is -0.399 e. The highest BCUT2D eigenvalue weighted by molar-refractivity contribution is 5.47. The molecule has 0 amide bonds. The fourth-order valence-electron chi connectivity index (χ4n) is 3.85. The molecule has 2 saturated carbocycles. The van der Waals surface area contributed by atoms with Crippen LogP contribution in [-0.4, -0.2) is 0 Å². The number of nitrogens with two attached hydrogens (primary N) is 1. The van der Waals surface area contributed by atoms with Crippen LogP contribution in [0.25, 0.3) is 0 Å². The van der Waals surface area contributed by atoms with Gasteiger partial charge < -0.3 is 5.73 Å². The predicted molar refractivity (Wildman–Crippen MR) is 63.8 cm³/mol. The maximum absolute atomic E-state index is 5.82. The quantitative estimate of drug-likeness (QED) is 0.692. The van der Waals surface area contributed by atoms with Crippen LogP contribution in [0.5, 0.6) is 0 Å². The van der Waals surface area contributed by atoms with E-state index in [1.807, 2.05) is 0 Å². The van der Waals surface area contributed by atoms with Crippen LogP contribution in [0, 0.1) is 12.8 Å². The number of hydrogen-bond acceptors (Lipinski definition) is 1. The van der Waals surface area contributed by atoms with Gasteiger partial charge in [-0.1, -0.05) is 6.07 Å². The van der Waals surface area contributed by atoms with E-state index in [-0.39, 0.29) is 0 Å². The number of fused-ring (bicyclic) bond motifs is 2.